The number of nitrogens with zero attached hydrogens (tertiary/aromatic N) is 1. The van der Waals surface area contributed by atoms with Crippen molar-refractivity contribution in [3.63, 3.8) is 0 Å². The molecule has 0 spiro atoms. The first-order chi connectivity index (χ1) is 13.0. The van der Waals surface area contributed by atoms with Gasteiger partial charge < -0.3 is 10.2 Å². The molecular weight excluding hydrogens is 350 g/mol. The second-order valence-electron chi connectivity index (χ2n) is 6.86. The van der Waals surface area contributed by atoms with Crippen LogP contribution >= 0.6 is 0 Å². The molecule has 1 fully saturated rings. The lowest BCUT2D eigenvalue weighted by Crippen LogP contribution is -2.40. The van der Waals surface area contributed by atoms with Gasteiger partial charge in [-0.2, -0.15) is 0 Å². The van der Waals surface area contributed by atoms with Crippen LogP contribution in [-0.2, 0) is 11.3 Å². The minimum Gasteiger partial charge on any atom is -0.371 e. The second-order valence-corrected chi connectivity index (χ2v) is 6.86. The number of hydrogen-bond donors (Lipinski definition) is 1. The highest BCUT2D eigenvalue weighted by Crippen LogP contribution is 2.24. The molecule has 2 aromatic rings. The first-order valence-corrected chi connectivity index (χ1v) is 9.01. The third-order valence-corrected chi connectivity index (χ3v) is 5.07. The maximum atomic E-state index is 13.9. The molecule has 1 saturated heterocycles. The molecule has 0 aliphatic carbocycles. The lowest BCUT2D eigenvalue weighted by Gasteiger charge is -2.33. The van der Waals surface area contributed by atoms with Crippen LogP contribution in [0.15, 0.2) is 36.4 Å². The quantitative estimate of drug-likeness (QED) is 0.816. The first-order valence-electron chi connectivity index (χ1n) is 9.01. The lowest BCUT2D eigenvalue weighted by molar-refractivity contribution is -0.125. The Bertz CT molecular complexity index is 829. The van der Waals surface area contributed by atoms with Gasteiger partial charge in [-0.1, -0.05) is 12.1 Å². The number of piperidine rings is 1. The van der Waals surface area contributed by atoms with E-state index in [1.54, 1.807) is 12.1 Å². The highest BCUT2D eigenvalue weighted by molar-refractivity contribution is 5.79. The van der Waals surface area contributed by atoms with E-state index in [9.17, 15) is 18.4 Å². The molecule has 1 aliphatic heterocycles. The number of anilines is 1. The van der Waals surface area contributed by atoms with Crippen molar-refractivity contribution in [1.29, 1.82) is 0 Å². The summed E-state index contributed by atoms with van der Waals surface area (Å²) in [5.41, 5.74) is 2.06. The van der Waals surface area contributed by atoms with Crippen molar-refractivity contribution in [2.45, 2.75) is 26.3 Å². The van der Waals surface area contributed by atoms with E-state index >= 15 is 0 Å². The standard InChI is InChI=1S/C21H22F2N2O2/c1-14-2-5-17(20(23)19(14)22)12-24-21(27)16-8-10-25(11-9-16)18-6-3-15(13-26)4-7-18/h2-7,13,16H,8-12H2,1H3,(H,24,27). The predicted molar refractivity (Wildman–Crippen MR) is 99.7 cm³/mol. The van der Waals surface area contributed by atoms with E-state index in [2.05, 4.69) is 10.2 Å². The molecule has 0 unspecified atom stereocenters. The number of carbonyl (C=O) groups is 2. The molecule has 1 aliphatic rings. The molecule has 0 aromatic heterocycles. The van der Waals surface area contributed by atoms with Crippen molar-refractivity contribution < 1.29 is 18.4 Å². The zero-order chi connectivity index (χ0) is 19.4. The number of amides is 1. The van der Waals surface area contributed by atoms with E-state index in [1.165, 1.54) is 19.1 Å². The Morgan fingerprint density at radius 1 is 1.11 bits per heavy atom. The summed E-state index contributed by atoms with van der Waals surface area (Å²) in [7, 11) is 0. The highest BCUT2D eigenvalue weighted by Gasteiger charge is 2.25. The van der Waals surface area contributed by atoms with Gasteiger partial charge in [-0.05, 0) is 49.6 Å². The van der Waals surface area contributed by atoms with Gasteiger partial charge in [0.2, 0.25) is 5.91 Å². The van der Waals surface area contributed by atoms with Crippen LogP contribution in [0.2, 0.25) is 0 Å². The number of nitrogens with one attached hydrogen (secondary N) is 1. The minimum absolute atomic E-state index is 0.0186. The molecule has 4 nitrogen and oxygen atoms in total. The monoisotopic (exact) mass is 372 g/mol. The summed E-state index contributed by atoms with van der Waals surface area (Å²) in [6.07, 6.45) is 2.18. The van der Waals surface area contributed by atoms with Crippen LogP contribution in [0.25, 0.3) is 0 Å². The molecule has 0 atom stereocenters. The van der Waals surface area contributed by atoms with Crippen molar-refractivity contribution in [2.24, 2.45) is 5.92 Å². The van der Waals surface area contributed by atoms with Crippen LogP contribution in [0.4, 0.5) is 14.5 Å². The maximum Gasteiger partial charge on any atom is 0.223 e. The Labute approximate surface area is 157 Å². The van der Waals surface area contributed by atoms with Gasteiger partial charge in [0.25, 0.3) is 0 Å². The van der Waals surface area contributed by atoms with Crippen molar-refractivity contribution in [3.05, 3.63) is 64.7 Å². The fourth-order valence-corrected chi connectivity index (χ4v) is 3.31. The molecule has 1 heterocycles. The van der Waals surface area contributed by atoms with Gasteiger partial charge in [-0.25, -0.2) is 8.78 Å². The van der Waals surface area contributed by atoms with E-state index in [-0.39, 0.29) is 29.5 Å². The number of aldehydes is 1. The molecular formula is C21H22F2N2O2. The largest absolute Gasteiger partial charge is 0.371 e. The second kappa shape index (κ2) is 8.29. The summed E-state index contributed by atoms with van der Waals surface area (Å²) in [6.45, 7) is 2.94. The van der Waals surface area contributed by atoms with Crippen LogP contribution < -0.4 is 10.2 Å². The van der Waals surface area contributed by atoms with Gasteiger partial charge in [0, 0.05) is 42.4 Å². The zero-order valence-electron chi connectivity index (χ0n) is 15.2. The zero-order valence-corrected chi connectivity index (χ0v) is 15.2. The van der Waals surface area contributed by atoms with Gasteiger partial charge in [-0.15, -0.1) is 0 Å². The number of benzene rings is 2. The maximum absolute atomic E-state index is 13.9. The van der Waals surface area contributed by atoms with Crippen molar-refractivity contribution in [2.75, 3.05) is 18.0 Å². The number of halogens is 2. The first kappa shape index (κ1) is 19.0. The Balaban J connectivity index is 1.52. The normalized spacial score (nSPS) is 14.9. The van der Waals surface area contributed by atoms with Crippen LogP contribution in [0, 0.1) is 24.5 Å². The fraction of sp³-hybridized carbons (Fsp3) is 0.333. The van der Waals surface area contributed by atoms with Gasteiger partial charge in [0.1, 0.15) is 6.29 Å². The molecule has 0 radical (unpaired) electrons. The van der Waals surface area contributed by atoms with E-state index in [0.29, 0.717) is 18.4 Å². The Morgan fingerprint density at radius 2 is 1.78 bits per heavy atom. The van der Waals surface area contributed by atoms with Gasteiger partial charge in [-0.3, -0.25) is 9.59 Å². The number of hydrogen-bond acceptors (Lipinski definition) is 3. The van der Waals surface area contributed by atoms with Crippen molar-refractivity contribution >= 4 is 17.9 Å². The average Bonchev–Trinajstić information content (AvgIpc) is 2.71. The smallest absolute Gasteiger partial charge is 0.223 e. The van der Waals surface area contributed by atoms with Crippen LogP contribution in [-0.4, -0.2) is 25.3 Å². The molecule has 0 bridgehead atoms. The number of carbonyl (C=O) groups excluding carboxylic acids is 2. The lowest BCUT2D eigenvalue weighted by atomic mass is 9.95. The Kier molecular flexibility index (Phi) is 5.84. The molecule has 3 rings (SSSR count). The van der Waals surface area contributed by atoms with E-state index in [0.717, 1.165) is 25.1 Å². The molecule has 27 heavy (non-hydrogen) atoms. The minimum atomic E-state index is -0.899. The van der Waals surface area contributed by atoms with Gasteiger partial charge in [0.05, 0.1) is 0 Å². The highest BCUT2D eigenvalue weighted by atomic mass is 19.2. The SMILES string of the molecule is Cc1ccc(CNC(=O)C2CCN(c3ccc(C=O)cc3)CC2)c(F)c1F. The van der Waals surface area contributed by atoms with Crippen LogP contribution in [0.5, 0.6) is 0 Å². The van der Waals surface area contributed by atoms with E-state index < -0.39 is 11.6 Å². The molecule has 142 valence electrons. The van der Waals surface area contributed by atoms with Crippen LogP contribution in [0.3, 0.4) is 0 Å². The molecule has 6 heteroatoms. The Hall–Kier alpha value is -2.76. The third-order valence-electron chi connectivity index (χ3n) is 5.07. The van der Waals surface area contributed by atoms with Gasteiger partial charge in [0.15, 0.2) is 11.6 Å². The number of aryl methyl sites for hydroxylation is 1. The third kappa shape index (κ3) is 4.32. The molecule has 1 amide bonds. The number of rotatable bonds is 5. The molecule has 0 saturated carbocycles. The summed E-state index contributed by atoms with van der Waals surface area (Å²) in [4.78, 5) is 25.3. The average molecular weight is 372 g/mol. The van der Waals surface area contributed by atoms with E-state index in [4.69, 9.17) is 0 Å². The topological polar surface area (TPSA) is 49.4 Å². The summed E-state index contributed by atoms with van der Waals surface area (Å²) < 4.78 is 27.5. The van der Waals surface area contributed by atoms with E-state index in [1.807, 2.05) is 12.1 Å². The summed E-state index contributed by atoms with van der Waals surface area (Å²) in [5.74, 6) is -2.04. The molecule has 2 aromatic carbocycles. The molecule has 1 N–H and O–H groups in total. The van der Waals surface area contributed by atoms with Crippen molar-refractivity contribution in [3.8, 4) is 0 Å². The summed E-state index contributed by atoms with van der Waals surface area (Å²) in [6, 6.07) is 10.4. The van der Waals surface area contributed by atoms with Crippen LogP contribution in [0.1, 0.15) is 34.3 Å². The summed E-state index contributed by atoms with van der Waals surface area (Å²) >= 11 is 0. The fourth-order valence-electron chi connectivity index (χ4n) is 3.31. The van der Waals surface area contributed by atoms with Crippen molar-refractivity contribution in [1.82, 2.24) is 5.32 Å². The summed E-state index contributed by atoms with van der Waals surface area (Å²) in [5, 5.41) is 2.72. The van der Waals surface area contributed by atoms with Gasteiger partial charge >= 0.3 is 0 Å². The Morgan fingerprint density at radius 3 is 2.41 bits per heavy atom. The predicted octanol–water partition coefficient (Wildman–Crippen LogP) is 3.62.